The molecule has 0 aromatic heterocycles. The quantitative estimate of drug-likeness (QED) is 0.860. The Kier molecular flexibility index (Phi) is 3.91. The summed E-state index contributed by atoms with van der Waals surface area (Å²) in [6.45, 7) is 1.88. The molecule has 0 amide bonds. The Morgan fingerprint density at radius 2 is 1.56 bits per heavy atom. The minimum atomic E-state index is -0.874. The highest BCUT2D eigenvalue weighted by molar-refractivity contribution is 6.31. The summed E-state index contributed by atoms with van der Waals surface area (Å²) in [6, 6.07) is 9.44. The summed E-state index contributed by atoms with van der Waals surface area (Å²) in [5.74, 6) is -0.505. The van der Waals surface area contributed by atoms with E-state index in [1.165, 1.54) is 18.2 Å². The minimum Gasteiger partial charge on any atom is -0.384 e. The van der Waals surface area contributed by atoms with Crippen LogP contribution in [0.4, 0.5) is 4.39 Å². The monoisotopic (exact) mass is 284 g/mol. The molecule has 0 bridgehead atoms. The van der Waals surface area contributed by atoms with Crippen LogP contribution in [0.1, 0.15) is 22.8 Å². The molecule has 0 radical (unpaired) electrons. The normalized spacial score (nSPS) is 12.5. The van der Waals surface area contributed by atoms with Crippen molar-refractivity contribution in [2.24, 2.45) is 0 Å². The third-order valence-electron chi connectivity index (χ3n) is 2.77. The molecule has 0 aliphatic heterocycles. The Bertz CT molecular complexity index is 533. The number of hydrogen-bond donors (Lipinski definition) is 1. The van der Waals surface area contributed by atoms with E-state index in [2.05, 4.69) is 0 Å². The van der Waals surface area contributed by atoms with E-state index in [1.807, 2.05) is 13.0 Å². The number of hydrogen-bond acceptors (Lipinski definition) is 1. The van der Waals surface area contributed by atoms with Gasteiger partial charge in [-0.1, -0.05) is 41.4 Å². The molecule has 0 aliphatic carbocycles. The molecular weight excluding hydrogens is 274 g/mol. The van der Waals surface area contributed by atoms with Gasteiger partial charge in [-0.25, -0.2) is 4.39 Å². The molecule has 0 fully saturated rings. The van der Waals surface area contributed by atoms with Gasteiger partial charge in [0.05, 0.1) is 5.02 Å². The first-order valence-corrected chi connectivity index (χ1v) is 6.13. The molecule has 1 atom stereocenters. The SMILES string of the molecule is Cc1ccc(C(O)c2ccc(F)c(Cl)c2)cc1Cl. The van der Waals surface area contributed by atoms with Crippen molar-refractivity contribution in [2.75, 3.05) is 0 Å². The molecule has 0 saturated heterocycles. The summed E-state index contributed by atoms with van der Waals surface area (Å²) in [5, 5.41) is 10.8. The molecule has 94 valence electrons. The second-order valence-corrected chi connectivity index (χ2v) is 4.90. The van der Waals surface area contributed by atoms with Crippen molar-refractivity contribution < 1.29 is 9.50 Å². The van der Waals surface area contributed by atoms with Gasteiger partial charge in [0.15, 0.2) is 0 Å². The van der Waals surface area contributed by atoms with Crippen molar-refractivity contribution >= 4 is 23.2 Å². The highest BCUT2D eigenvalue weighted by Gasteiger charge is 2.13. The molecule has 4 heteroatoms. The first-order valence-electron chi connectivity index (χ1n) is 5.38. The van der Waals surface area contributed by atoms with E-state index >= 15 is 0 Å². The third-order valence-corrected chi connectivity index (χ3v) is 3.47. The highest BCUT2D eigenvalue weighted by atomic mass is 35.5. The molecule has 18 heavy (non-hydrogen) atoms. The van der Waals surface area contributed by atoms with Gasteiger partial charge in [-0.3, -0.25) is 0 Å². The molecule has 2 aromatic rings. The Hall–Kier alpha value is -1.09. The van der Waals surface area contributed by atoms with Gasteiger partial charge in [0.25, 0.3) is 0 Å². The van der Waals surface area contributed by atoms with Crippen LogP contribution < -0.4 is 0 Å². The van der Waals surface area contributed by atoms with Gasteiger partial charge in [-0.15, -0.1) is 0 Å². The zero-order valence-electron chi connectivity index (χ0n) is 9.62. The standard InChI is InChI=1S/C14H11Cl2FO/c1-8-2-3-9(6-11(8)15)14(18)10-4-5-13(17)12(16)7-10/h2-7,14,18H,1H3. The molecule has 1 nitrogen and oxygen atoms in total. The topological polar surface area (TPSA) is 20.2 Å². The Balaban J connectivity index is 2.37. The number of benzene rings is 2. The molecule has 2 rings (SSSR count). The fourth-order valence-corrected chi connectivity index (χ4v) is 2.03. The van der Waals surface area contributed by atoms with Crippen LogP contribution >= 0.6 is 23.2 Å². The lowest BCUT2D eigenvalue weighted by molar-refractivity contribution is 0.220. The van der Waals surface area contributed by atoms with Crippen molar-refractivity contribution in [3.8, 4) is 0 Å². The lowest BCUT2D eigenvalue weighted by Crippen LogP contribution is -2.00. The van der Waals surface area contributed by atoms with Gasteiger partial charge < -0.3 is 5.11 Å². The maximum atomic E-state index is 13.0. The van der Waals surface area contributed by atoms with Gasteiger partial charge in [-0.05, 0) is 41.8 Å². The van der Waals surface area contributed by atoms with Crippen LogP contribution in [0.5, 0.6) is 0 Å². The number of aryl methyl sites for hydroxylation is 1. The van der Waals surface area contributed by atoms with Crippen LogP contribution in [0.2, 0.25) is 10.0 Å². The van der Waals surface area contributed by atoms with E-state index in [0.717, 1.165) is 5.56 Å². The minimum absolute atomic E-state index is 0.00948. The molecule has 0 saturated carbocycles. The molecule has 0 aliphatic rings. The summed E-state index contributed by atoms with van der Waals surface area (Å²) < 4.78 is 13.0. The maximum absolute atomic E-state index is 13.0. The Morgan fingerprint density at radius 1 is 1.00 bits per heavy atom. The van der Waals surface area contributed by atoms with Crippen molar-refractivity contribution in [3.05, 3.63) is 69.0 Å². The van der Waals surface area contributed by atoms with Gasteiger partial charge in [0, 0.05) is 5.02 Å². The summed E-state index contributed by atoms with van der Waals surface area (Å²) in [4.78, 5) is 0. The second kappa shape index (κ2) is 5.27. The van der Waals surface area contributed by atoms with E-state index < -0.39 is 11.9 Å². The smallest absolute Gasteiger partial charge is 0.141 e. The van der Waals surface area contributed by atoms with E-state index in [4.69, 9.17) is 23.2 Å². The first-order chi connectivity index (χ1) is 8.49. The Labute approximate surface area is 115 Å². The number of aliphatic hydroxyl groups excluding tert-OH is 1. The van der Waals surface area contributed by atoms with E-state index in [1.54, 1.807) is 12.1 Å². The van der Waals surface area contributed by atoms with Crippen LogP contribution in [-0.2, 0) is 0 Å². The van der Waals surface area contributed by atoms with Gasteiger partial charge in [-0.2, -0.15) is 0 Å². The van der Waals surface area contributed by atoms with Gasteiger partial charge in [0.1, 0.15) is 11.9 Å². The van der Waals surface area contributed by atoms with Crippen LogP contribution in [0.25, 0.3) is 0 Å². The molecule has 1 N–H and O–H groups in total. The summed E-state index contributed by atoms with van der Waals surface area (Å²) in [6.07, 6.45) is -0.874. The lowest BCUT2D eigenvalue weighted by Gasteiger charge is -2.13. The number of aliphatic hydroxyl groups is 1. The predicted molar refractivity (Wildman–Crippen MR) is 71.7 cm³/mol. The molecule has 1 unspecified atom stereocenters. The molecule has 2 aromatic carbocycles. The van der Waals surface area contributed by atoms with Crippen LogP contribution in [0.15, 0.2) is 36.4 Å². The van der Waals surface area contributed by atoms with Crippen LogP contribution in [0.3, 0.4) is 0 Å². The molecule has 0 heterocycles. The largest absolute Gasteiger partial charge is 0.384 e. The number of halogens is 3. The van der Waals surface area contributed by atoms with Gasteiger partial charge >= 0.3 is 0 Å². The molecule has 0 spiro atoms. The zero-order valence-corrected chi connectivity index (χ0v) is 11.1. The van der Waals surface area contributed by atoms with Crippen molar-refractivity contribution in [3.63, 3.8) is 0 Å². The van der Waals surface area contributed by atoms with E-state index in [0.29, 0.717) is 16.1 Å². The molecular formula is C14H11Cl2FO. The fourth-order valence-electron chi connectivity index (χ4n) is 1.65. The maximum Gasteiger partial charge on any atom is 0.141 e. The first kappa shape index (κ1) is 13.3. The van der Waals surface area contributed by atoms with E-state index in [-0.39, 0.29) is 5.02 Å². The average Bonchev–Trinajstić information content (AvgIpc) is 2.35. The van der Waals surface area contributed by atoms with Crippen molar-refractivity contribution in [1.82, 2.24) is 0 Å². The van der Waals surface area contributed by atoms with Crippen LogP contribution in [0, 0.1) is 12.7 Å². The average molecular weight is 285 g/mol. The number of rotatable bonds is 2. The van der Waals surface area contributed by atoms with Crippen LogP contribution in [-0.4, -0.2) is 5.11 Å². The van der Waals surface area contributed by atoms with Crippen molar-refractivity contribution in [2.45, 2.75) is 13.0 Å². The summed E-state index contributed by atoms with van der Waals surface area (Å²) in [7, 11) is 0. The summed E-state index contributed by atoms with van der Waals surface area (Å²) in [5.41, 5.74) is 2.11. The lowest BCUT2D eigenvalue weighted by atomic mass is 10.0. The van der Waals surface area contributed by atoms with Crippen molar-refractivity contribution in [1.29, 1.82) is 0 Å². The van der Waals surface area contributed by atoms with E-state index in [9.17, 15) is 9.50 Å². The fraction of sp³-hybridized carbons (Fsp3) is 0.143. The second-order valence-electron chi connectivity index (χ2n) is 4.08. The zero-order chi connectivity index (χ0) is 13.3. The van der Waals surface area contributed by atoms with Gasteiger partial charge in [0.2, 0.25) is 0 Å². The summed E-state index contributed by atoms with van der Waals surface area (Å²) >= 11 is 11.7. The predicted octanol–water partition coefficient (Wildman–Crippen LogP) is 4.52. The Morgan fingerprint density at radius 3 is 2.11 bits per heavy atom. The third kappa shape index (κ3) is 2.66. The highest BCUT2D eigenvalue weighted by Crippen LogP contribution is 2.28.